The minimum Gasteiger partial charge on any atom is -0.491 e. The Hall–Kier alpha value is -1.09. The second-order valence-electron chi connectivity index (χ2n) is 3.90. The van der Waals surface area contributed by atoms with Crippen molar-refractivity contribution in [3.63, 3.8) is 0 Å². The van der Waals surface area contributed by atoms with E-state index < -0.39 is 6.67 Å². The predicted octanol–water partition coefficient (Wildman–Crippen LogP) is 2.37. The van der Waals surface area contributed by atoms with Crippen LogP contribution < -0.4 is 10.5 Å². The lowest BCUT2D eigenvalue weighted by molar-refractivity contribution is 0.272. The Kier molecular flexibility index (Phi) is 3.21. The minimum absolute atomic E-state index is 0.114. The number of fused-ring (bicyclic) bond motifs is 1. The smallest absolute Gasteiger partial charge is 0.123 e. The molecule has 0 bridgehead atoms. The average Bonchev–Trinajstić information content (AvgIpc) is 2.27. The zero-order valence-electron chi connectivity index (χ0n) is 8.71. The number of hydrogen-bond acceptors (Lipinski definition) is 2. The lowest BCUT2D eigenvalue weighted by Crippen LogP contribution is -2.17. The summed E-state index contributed by atoms with van der Waals surface area (Å²) in [5.74, 6) is 0.726. The Balaban J connectivity index is 2.19. The molecule has 1 aliphatic rings. The number of alkyl halides is 1. The van der Waals surface area contributed by atoms with Crippen LogP contribution in [0.3, 0.4) is 0 Å². The molecule has 0 aromatic heterocycles. The number of ether oxygens (including phenoxy) is 1. The Labute approximate surface area is 89.2 Å². The van der Waals surface area contributed by atoms with E-state index in [2.05, 4.69) is 0 Å². The van der Waals surface area contributed by atoms with E-state index >= 15 is 0 Å². The van der Waals surface area contributed by atoms with Crippen molar-refractivity contribution in [2.45, 2.75) is 25.3 Å². The van der Waals surface area contributed by atoms with Crippen LogP contribution in [0.4, 0.5) is 4.39 Å². The van der Waals surface area contributed by atoms with E-state index in [0.29, 0.717) is 0 Å². The number of halogens is 1. The van der Waals surface area contributed by atoms with E-state index in [-0.39, 0.29) is 12.6 Å². The summed E-state index contributed by atoms with van der Waals surface area (Å²) in [4.78, 5) is 0. The van der Waals surface area contributed by atoms with Gasteiger partial charge in [-0.3, -0.25) is 0 Å². The molecule has 82 valence electrons. The molecule has 0 fully saturated rings. The Morgan fingerprint density at radius 1 is 1.47 bits per heavy atom. The van der Waals surface area contributed by atoms with Crippen molar-refractivity contribution in [3.8, 4) is 5.75 Å². The van der Waals surface area contributed by atoms with E-state index in [0.717, 1.165) is 30.6 Å². The van der Waals surface area contributed by atoms with Crippen molar-refractivity contribution in [2.24, 2.45) is 5.73 Å². The molecule has 0 heterocycles. The summed E-state index contributed by atoms with van der Waals surface area (Å²) >= 11 is 0. The number of nitrogens with two attached hydrogens (primary N) is 1. The van der Waals surface area contributed by atoms with Crippen molar-refractivity contribution in [1.82, 2.24) is 0 Å². The lowest BCUT2D eigenvalue weighted by atomic mass is 9.88. The fourth-order valence-electron chi connectivity index (χ4n) is 2.06. The second-order valence-corrected chi connectivity index (χ2v) is 3.90. The minimum atomic E-state index is -0.455. The van der Waals surface area contributed by atoms with Crippen molar-refractivity contribution in [3.05, 3.63) is 29.3 Å². The zero-order chi connectivity index (χ0) is 10.7. The topological polar surface area (TPSA) is 35.2 Å². The molecule has 0 spiro atoms. The van der Waals surface area contributed by atoms with E-state index in [1.165, 1.54) is 5.56 Å². The van der Waals surface area contributed by atoms with Gasteiger partial charge in [-0.05, 0) is 42.5 Å². The summed E-state index contributed by atoms with van der Waals surface area (Å²) in [7, 11) is 0. The van der Waals surface area contributed by atoms with Gasteiger partial charge in [-0.2, -0.15) is 0 Å². The van der Waals surface area contributed by atoms with Crippen LogP contribution in [0.25, 0.3) is 0 Å². The molecule has 1 atom stereocenters. The largest absolute Gasteiger partial charge is 0.491 e. The van der Waals surface area contributed by atoms with E-state index in [1.807, 2.05) is 18.2 Å². The third-order valence-corrected chi connectivity index (χ3v) is 2.82. The Morgan fingerprint density at radius 2 is 2.33 bits per heavy atom. The molecule has 15 heavy (non-hydrogen) atoms. The standard InChI is InChI=1S/C12H16FNO/c13-6-7-15-10-5-4-9-2-1-3-12(14)11(9)8-10/h4-5,8,12H,1-3,6-7,14H2/t12-/m0/s1. The monoisotopic (exact) mass is 209 g/mol. The van der Waals surface area contributed by atoms with Crippen molar-refractivity contribution < 1.29 is 9.13 Å². The molecule has 0 saturated carbocycles. The van der Waals surface area contributed by atoms with Gasteiger partial charge in [0.25, 0.3) is 0 Å². The maximum atomic E-state index is 11.9. The number of rotatable bonds is 3. The molecule has 1 aliphatic carbocycles. The van der Waals surface area contributed by atoms with Gasteiger partial charge in [-0.1, -0.05) is 6.07 Å². The van der Waals surface area contributed by atoms with Crippen LogP contribution in [0.15, 0.2) is 18.2 Å². The summed E-state index contributed by atoms with van der Waals surface area (Å²) in [6, 6.07) is 6.01. The summed E-state index contributed by atoms with van der Waals surface area (Å²) < 4.78 is 17.2. The molecule has 2 nitrogen and oxygen atoms in total. The van der Waals surface area contributed by atoms with Gasteiger partial charge in [0.15, 0.2) is 0 Å². The zero-order valence-corrected chi connectivity index (χ0v) is 8.71. The molecular formula is C12H16FNO. The van der Waals surface area contributed by atoms with Crippen LogP contribution in [-0.2, 0) is 6.42 Å². The van der Waals surface area contributed by atoms with Crippen molar-refractivity contribution in [1.29, 1.82) is 0 Å². The summed E-state index contributed by atoms with van der Waals surface area (Å²) in [5.41, 5.74) is 8.49. The molecule has 0 amide bonds. The fourth-order valence-corrected chi connectivity index (χ4v) is 2.06. The van der Waals surface area contributed by atoms with Gasteiger partial charge in [-0.15, -0.1) is 0 Å². The van der Waals surface area contributed by atoms with Gasteiger partial charge < -0.3 is 10.5 Å². The van der Waals surface area contributed by atoms with E-state index in [9.17, 15) is 4.39 Å². The first kappa shape index (κ1) is 10.4. The van der Waals surface area contributed by atoms with E-state index in [4.69, 9.17) is 10.5 Å². The Morgan fingerprint density at radius 3 is 3.13 bits per heavy atom. The SMILES string of the molecule is N[C@H]1CCCc2ccc(OCCF)cc21. The van der Waals surface area contributed by atoms with Gasteiger partial charge in [-0.25, -0.2) is 4.39 Å². The number of benzene rings is 1. The maximum Gasteiger partial charge on any atom is 0.123 e. The molecule has 3 heteroatoms. The molecule has 1 aromatic rings. The van der Waals surface area contributed by atoms with Crippen LogP contribution in [0.2, 0.25) is 0 Å². The highest BCUT2D eigenvalue weighted by atomic mass is 19.1. The lowest BCUT2D eigenvalue weighted by Gasteiger charge is -2.22. The summed E-state index contributed by atoms with van der Waals surface area (Å²) in [6.45, 7) is -0.336. The van der Waals surface area contributed by atoms with Gasteiger partial charge in [0, 0.05) is 6.04 Å². The van der Waals surface area contributed by atoms with Crippen LogP contribution in [0.1, 0.15) is 30.0 Å². The van der Waals surface area contributed by atoms with Crippen LogP contribution in [-0.4, -0.2) is 13.3 Å². The highest BCUT2D eigenvalue weighted by Gasteiger charge is 2.16. The first-order chi connectivity index (χ1) is 7.31. The van der Waals surface area contributed by atoms with Gasteiger partial charge in [0.2, 0.25) is 0 Å². The van der Waals surface area contributed by atoms with Crippen LogP contribution in [0, 0.1) is 0 Å². The molecule has 2 N–H and O–H groups in total. The van der Waals surface area contributed by atoms with Gasteiger partial charge in [0.1, 0.15) is 19.0 Å². The third-order valence-electron chi connectivity index (χ3n) is 2.82. The molecule has 1 aromatic carbocycles. The van der Waals surface area contributed by atoms with E-state index in [1.54, 1.807) is 0 Å². The third kappa shape index (κ3) is 2.29. The number of hydrogen-bond donors (Lipinski definition) is 1. The molecular weight excluding hydrogens is 193 g/mol. The number of aryl methyl sites for hydroxylation is 1. The fraction of sp³-hybridized carbons (Fsp3) is 0.500. The van der Waals surface area contributed by atoms with Crippen LogP contribution >= 0.6 is 0 Å². The summed E-state index contributed by atoms with van der Waals surface area (Å²) in [5, 5.41) is 0. The first-order valence-corrected chi connectivity index (χ1v) is 5.38. The van der Waals surface area contributed by atoms with Crippen LogP contribution in [0.5, 0.6) is 5.75 Å². The first-order valence-electron chi connectivity index (χ1n) is 5.38. The highest BCUT2D eigenvalue weighted by molar-refractivity contribution is 5.39. The Bertz CT molecular complexity index is 340. The second kappa shape index (κ2) is 4.62. The molecule has 2 rings (SSSR count). The average molecular weight is 209 g/mol. The van der Waals surface area contributed by atoms with Crippen molar-refractivity contribution >= 4 is 0 Å². The quantitative estimate of drug-likeness (QED) is 0.829. The van der Waals surface area contributed by atoms with Gasteiger partial charge >= 0.3 is 0 Å². The molecule has 0 saturated heterocycles. The molecule has 0 radical (unpaired) electrons. The molecule has 0 aliphatic heterocycles. The predicted molar refractivity (Wildman–Crippen MR) is 57.8 cm³/mol. The highest BCUT2D eigenvalue weighted by Crippen LogP contribution is 2.30. The van der Waals surface area contributed by atoms with Crippen molar-refractivity contribution in [2.75, 3.05) is 13.3 Å². The maximum absolute atomic E-state index is 11.9. The van der Waals surface area contributed by atoms with Gasteiger partial charge in [0.05, 0.1) is 0 Å². The normalized spacial score (nSPS) is 19.7. The molecule has 0 unspecified atom stereocenters. The summed E-state index contributed by atoms with van der Waals surface area (Å²) in [6.07, 6.45) is 3.27.